The first-order valence-electron chi connectivity index (χ1n) is 5.85. The zero-order chi connectivity index (χ0) is 14.6. The fourth-order valence-electron chi connectivity index (χ4n) is 1.43. The van der Waals surface area contributed by atoms with Crippen LogP contribution in [0.25, 0.3) is 0 Å². The van der Waals surface area contributed by atoms with E-state index in [0.29, 0.717) is 5.56 Å². The molecule has 0 heterocycles. The predicted molar refractivity (Wildman–Crippen MR) is 68.3 cm³/mol. The van der Waals surface area contributed by atoms with Crippen LogP contribution in [0.4, 0.5) is 14.5 Å². The Morgan fingerprint density at radius 3 is 2.47 bits per heavy atom. The van der Waals surface area contributed by atoms with E-state index >= 15 is 0 Å². The van der Waals surface area contributed by atoms with Crippen molar-refractivity contribution in [3.63, 3.8) is 0 Å². The van der Waals surface area contributed by atoms with Crippen LogP contribution in [0.5, 0.6) is 0 Å². The molecule has 0 amide bonds. The molecule has 0 aliphatic heterocycles. The lowest BCUT2D eigenvalue weighted by Gasteiger charge is -2.19. The molecule has 0 spiro atoms. The summed E-state index contributed by atoms with van der Waals surface area (Å²) < 4.78 is 30.9. The number of hydrogen-bond donors (Lipinski definition) is 2. The summed E-state index contributed by atoms with van der Waals surface area (Å²) in [4.78, 5) is 11.4. The second-order valence-corrected chi connectivity index (χ2v) is 5.16. The van der Waals surface area contributed by atoms with Gasteiger partial charge in [-0.05, 0) is 32.4 Å². The maximum Gasteiger partial charge on any atom is 0.320 e. The van der Waals surface area contributed by atoms with Gasteiger partial charge in [-0.1, -0.05) is 0 Å². The number of nitrogen functional groups attached to an aromatic ring is 1. The molecule has 106 valence electrons. The number of esters is 1. The van der Waals surface area contributed by atoms with Crippen LogP contribution < -0.4 is 11.1 Å². The average Bonchev–Trinajstić information content (AvgIpc) is 2.22. The molecule has 0 saturated heterocycles. The summed E-state index contributed by atoms with van der Waals surface area (Å²) in [6, 6.07) is 1.92. The van der Waals surface area contributed by atoms with Gasteiger partial charge in [0.2, 0.25) is 0 Å². The molecule has 3 N–H and O–H groups in total. The molecule has 0 aliphatic carbocycles. The Hall–Kier alpha value is -1.69. The molecule has 0 bridgehead atoms. The number of nitrogens with one attached hydrogen (secondary N) is 1. The third kappa shape index (κ3) is 5.21. The largest absolute Gasteiger partial charge is 0.459 e. The van der Waals surface area contributed by atoms with Crippen LogP contribution in [0.3, 0.4) is 0 Å². The molecular formula is C13H18F2N2O2. The lowest BCUT2D eigenvalue weighted by Crippen LogP contribution is -2.31. The van der Waals surface area contributed by atoms with Crippen molar-refractivity contribution in [2.75, 3.05) is 12.3 Å². The van der Waals surface area contributed by atoms with E-state index in [1.54, 1.807) is 20.8 Å². The van der Waals surface area contributed by atoms with E-state index in [2.05, 4.69) is 5.32 Å². The highest BCUT2D eigenvalue weighted by molar-refractivity contribution is 5.72. The highest BCUT2D eigenvalue weighted by Gasteiger charge is 2.16. The van der Waals surface area contributed by atoms with Crippen LogP contribution in [0.1, 0.15) is 26.3 Å². The fraction of sp³-hybridized carbons (Fsp3) is 0.462. The van der Waals surface area contributed by atoms with Crippen LogP contribution >= 0.6 is 0 Å². The van der Waals surface area contributed by atoms with Crippen LogP contribution in [0, 0.1) is 11.6 Å². The van der Waals surface area contributed by atoms with Gasteiger partial charge in [-0.15, -0.1) is 0 Å². The van der Waals surface area contributed by atoms with E-state index < -0.39 is 23.2 Å². The molecule has 1 rings (SSSR count). The molecule has 0 saturated carbocycles. The number of nitrogens with two attached hydrogens (primary N) is 1. The first-order chi connectivity index (χ1) is 8.69. The van der Waals surface area contributed by atoms with Gasteiger partial charge in [0, 0.05) is 18.3 Å². The number of carbonyl (C=O) groups excluding carboxylic acids is 1. The van der Waals surface area contributed by atoms with E-state index in [9.17, 15) is 13.6 Å². The Balaban J connectivity index is 2.50. The smallest absolute Gasteiger partial charge is 0.320 e. The number of halogens is 2. The summed E-state index contributed by atoms with van der Waals surface area (Å²) in [5.41, 5.74) is 5.52. The summed E-state index contributed by atoms with van der Waals surface area (Å²) in [6.07, 6.45) is 0. The Morgan fingerprint density at radius 2 is 1.89 bits per heavy atom. The summed E-state index contributed by atoms with van der Waals surface area (Å²) in [5.74, 6) is -2.38. The highest BCUT2D eigenvalue weighted by Crippen LogP contribution is 2.16. The SMILES string of the molecule is CC(C)(C)OC(=O)CNCc1cc(F)c(F)cc1N. The molecule has 0 unspecified atom stereocenters. The van der Waals surface area contributed by atoms with E-state index in [1.807, 2.05) is 0 Å². The zero-order valence-corrected chi connectivity index (χ0v) is 11.2. The first kappa shape index (κ1) is 15.4. The Kier molecular flexibility index (Phi) is 4.83. The minimum absolute atomic E-state index is 0.0320. The van der Waals surface area contributed by atoms with Gasteiger partial charge in [-0.3, -0.25) is 4.79 Å². The standard InChI is InChI=1S/C13H18F2N2O2/c1-13(2,3)19-12(18)7-17-6-8-4-9(14)10(15)5-11(8)16/h4-5,17H,6-7,16H2,1-3H3. The van der Waals surface area contributed by atoms with Gasteiger partial charge in [0.1, 0.15) is 5.60 Å². The summed E-state index contributed by atoms with van der Waals surface area (Å²) >= 11 is 0. The Morgan fingerprint density at radius 1 is 1.32 bits per heavy atom. The van der Waals surface area contributed by atoms with Crippen molar-refractivity contribution in [2.45, 2.75) is 32.9 Å². The predicted octanol–water partition coefficient (Wildman–Crippen LogP) is 1.98. The molecule has 6 heteroatoms. The third-order valence-electron chi connectivity index (χ3n) is 2.19. The van der Waals surface area contributed by atoms with Crippen LogP contribution in [-0.2, 0) is 16.1 Å². The van der Waals surface area contributed by atoms with Gasteiger partial charge in [-0.2, -0.15) is 0 Å². The van der Waals surface area contributed by atoms with E-state index in [4.69, 9.17) is 10.5 Å². The second-order valence-electron chi connectivity index (χ2n) is 5.16. The summed E-state index contributed by atoms with van der Waals surface area (Å²) in [7, 11) is 0. The van der Waals surface area contributed by atoms with E-state index in [-0.39, 0.29) is 18.8 Å². The van der Waals surface area contributed by atoms with Gasteiger partial charge in [0.15, 0.2) is 11.6 Å². The number of ether oxygens (including phenoxy) is 1. The highest BCUT2D eigenvalue weighted by atomic mass is 19.2. The topological polar surface area (TPSA) is 64.3 Å². The quantitative estimate of drug-likeness (QED) is 0.650. The Bertz CT molecular complexity index is 470. The van der Waals surface area contributed by atoms with Gasteiger partial charge >= 0.3 is 5.97 Å². The fourth-order valence-corrected chi connectivity index (χ4v) is 1.43. The molecule has 1 aromatic carbocycles. The Labute approximate surface area is 110 Å². The van der Waals surface area contributed by atoms with E-state index in [1.165, 1.54) is 0 Å². The molecule has 0 aromatic heterocycles. The maximum atomic E-state index is 13.0. The van der Waals surface area contributed by atoms with Crippen molar-refractivity contribution < 1.29 is 18.3 Å². The van der Waals surface area contributed by atoms with Gasteiger partial charge in [-0.25, -0.2) is 8.78 Å². The average molecular weight is 272 g/mol. The van der Waals surface area contributed by atoms with Crippen molar-refractivity contribution in [1.82, 2.24) is 5.32 Å². The summed E-state index contributed by atoms with van der Waals surface area (Å²) in [5, 5.41) is 2.77. The third-order valence-corrected chi connectivity index (χ3v) is 2.19. The molecule has 0 radical (unpaired) electrons. The van der Waals surface area contributed by atoms with Crippen molar-refractivity contribution in [3.05, 3.63) is 29.3 Å². The number of anilines is 1. The molecule has 1 aromatic rings. The number of benzene rings is 1. The minimum Gasteiger partial charge on any atom is -0.459 e. The summed E-state index contributed by atoms with van der Waals surface area (Å²) in [6.45, 7) is 5.41. The monoisotopic (exact) mass is 272 g/mol. The van der Waals surface area contributed by atoms with Gasteiger partial charge < -0.3 is 15.8 Å². The number of hydrogen-bond acceptors (Lipinski definition) is 4. The maximum absolute atomic E-state index is 13.0. The van der Waals surface area contributed by atoms with E-state index in [0.717, 1.165) is 12.1 Å². The molecular weight excluding hydrogens is 254 g/mol. The van der Waals surface area contributed by atoms with Gasteiger partial charge in [0.25, 0.3) is 0 Å². The van der Waals surface area contributed by atoms with Crippen LogP contribution in [0.15, 0.2) is 12.1 Å². The van der Waals surface area contributed by atoms with Crippen molar-refractivity contribution in [2.24, 2.45) is 0 Å². The first-order valence-corrected chi connectivity index (χ1v) is 5.85. The molecule has 0 fully saturated rings. The number of rotatable bonds is 4. The molecule has 4 nitrogen and oxygen atoms in total. The molecule has 19 heavy (non-hydrogen) atoms. The zero-order valence-electron chi connectivity index (χ0n) is 11.2. The van der Waals surface area contributed by atoms with Crippen molar-refractivity contribution in [3.8, 4) is 0 Å². The lowest BCUT2D eigenvalue weighted by molar-refractivity contribution is -0.153. The normalized spacial score (nSPS) is 11.4. The van der Waals surface area contributed by atoms with Crippen LogP contribution in [0.2, 0.25) is 0 Å². The second kappa shape index (κ2) is 5.97. The lowest BCUT2D eigenvalue weighted by atomic mass is 10.1. The van der Waals surface area contributed by atoms with Crippen LogP contribution in [-0.4, -0.2) is 18.1 Å². The number of carbonyl (C=O) groups is 1. The molecule has 0 aliphatic rings. The van der Waals surface area contributed by atoms with Crippen molar-refractivity contribution in [1.29, 1.82) is 0 Å². The van der Waals surface area contributed by atoms with Gasteiger partial charge in [0.05, 0.1) is 6.54 Å². The minimum atomic E-state index is -0.992. The van der Waals surface area contributed by atoms with Crippen molar-refractivity contribution >= 4 is 11.7 Å². The molecule has 0 atom stereocenters.